The third-order valence-electron chi connectivity index (χ3n) is 3.82. The molecule has 1 atom stereocenters. The first-order chi connectivity index (χ1) is 9.58. The van der Waals surface area contributed by atoms with E-state index in [0.717, 1.165) is 16.0 Å². The molecule has 0 radical (unpaired) electrons. The monoisotopic (exact) mass is 273 g/mol. The van der Waals surface area contributed by atoms with E-state index < -0.39 is 18.0 Å². The fourth-order valence-corrected chi connectivity index (χ4v) is 2.78. The number of benzene rings is 1. The Bertz CT molecular complexity index is 556. The van der Waals surface area contributed by atoms with Crippen LogP contribution in [-0.4, -0.2) is 40.3 Å². The fraction of sp³-hybridized carbons (Fsp3) is 0.357. The average Bonchev–Trinajstić information content (AvgIpc) is 2.66. The Morgan fingerprint density at radius 3 is 2.65 bits per heavy atom. The highest BCUT2D eigenvalue weighted by molar-refractivity contribution is 6.04. The van der Waals surface area contributed by atoms with Crippen LogP contribution in [0, 0.1) is 0 Å². The van der Waals surface area contributed by atoms with E-state index in [1.807, 2.05) is 24.3 Å². The van der Waals surface area contributed by atoms with Gasteiger partial charge in [0.2, 0.25) is 0 Å². The summed E-state index contributed by atoms with van der Waals surface area (Å²) < 4.78 is 0. The lowest BCUT2D eigenvalue weighted by molar-refractivity contribution is -0.305. The molecule has 2 aliphatic heterocycles. The van der Waals surface area contributed by atoms with Gasteiger partial charge in [-0.3, -0.25) is 9.69 Å². The highest BCUT2D eigenvalue weighted by Crippen LogP contribution is 2.29. The zero-order chi connectivity index (χ0) is 14.3. The zero-order valence-corrected chi connectivity index (χ0v) is 10.7. The Hall–Kier alpha value is -2.37. The maximum atomic E-state index is 12.2. The molecule has 0 unspecified atom stereocenters. The Morgan fingerprint density at radius 2 is 1.95 bits per heavy atom. The van der Waals surface area contributed by atoms with Gasteiger partial charge in [0.05, 0.1) is 0 Å². The molecule has 6 nitrogen and oxygen atoms in total. The van der Waals surface area contributed by atoms with E-state index in [4.69, 9.17) is 0 Å². The molecule has 2 heterocycles. The van der Waals surface area contributed by atoms with E-state index in [1.54, 1.807) is 0 Å². The summed E-state index contributed by atoms with van der Waals surface area (Å²) in [6.45, 7) is 0.274. The molecule has 1 saturated heterocycles. The number of hydrogen-bond donors (Lipinski definition) is 0. The van der Waals surface area contributed by atoms with Gasteiger partial charge in [-0.25, -0.2) is 4.79 Å². The van der Waals surface area contributed by atoms with Crippen LogP contribution in [0.3, 0.4) is 0 Å². The van der Waals surface area contributed by atoms with E-state index in [9.17, 15) is 19.5 Å². The van der Waals surface area contributed by atoms with Crippen LogP contribution in [-0.2, 0) is 22.6 Å². The normalized spacial score (nSPS) is 20.9. The number of carbonyl (C=O) groups is 3. The lowest BCUT2D eigenvalue weighted by Crippen LogP contribution is -2.40. The molecule has 0 N–H and O–H groups in total. The second-order valence-electron chi connectivity index (χ2n) is 5.01. The number of urea groups is 1. The van der Waals surface area contributed by atoms with Crippen LogP contribution < -0.4 is 5.11 Å². The maximum absolute atomic E-state index is 12.2. The van der Waals surface area contributed by atoms with Gasteiger partial charge < -0.3 is 14.8 Å². The van der Waals surface area contributed by atoms with E-state index in [0.29, 0.717) is 13.0 Å². The molecule has 0 saturated carbocycles. The van der Waals surface area contributed by atoms with E-state index >= 15 is 0 Å². The molecule has 3 rings (SSSR count). The van der Waals surface area contributed by atoms with Crippen LogP contribution in [0.5, 0.6) is 0 Å². The highest BCUT2D eigenvalue weighted by Gasteiger charge is 2.46. The zero-order valence-electron chi connectivity index (χ0n) is 10.7. The first kappa shape index (κ1) is 12.7. The number of carboxylic acids is 1. The molecule has 1 fully saturated rings. The van der Waals surface area contributed by atoms with E-state index in [-0.39, 0.29) is 18.9 Å². The molecule has 3 amide bonds. The van der Waals surface area contributed by atoms with Crippen molar-refractivity contribution in [3.63, 3.8) is 0 Å². The predicted molar refractivity (Wildman–Crippen MR) is 66.2 cm³/mol. The summed E-state index contributed by atoms with van der Waals surface area (Å²) in [7, 11) is 0. The van der Waals surface area contributed by atoms with Crippen LogP contribution in [0.15, 0.2) is 24.3 Å². The molecule has 0 aliphatic carbocycles. The summed E-state index contributed by atoms with van der Waals surface area (Å²) >= 11 is 0. The minimum atomic E-state index is -1.27. The van der Waals surface area contributed by atoms with E-state index in [2.05, 4.69) is 0 Å². The number of rotatable bonds is 3. The number of imide groups is 1. The predicted octanol–water partition coefficient (Wildman–Crippen LogP) is -0.484. The Kier molecular flexibility index (Phi) is 2.93. The molecule has 20 heavy (non-hydrogen) atoms. The Morgan fingerprint density at radius 1 is 1.25 bits per heavy atom. The lowest BCUT2D eigenvalue weighted by atomic mass is 9.95. The number of hydrogen-bond acceptors (Lipinski definition) is 4. The Balaban J connectivity index is 1.83. The Labute approximate surface area is 115 Å². The van der Waals surface area contributed by atoms with Crippen LogP contribution in [0.4, 0.5) is 4.79 Å². The van der Waals surface area contributed by atoms with Crippen LogP contribution in [0.1, 0.15) is 17.5 Å². The maximum Gasteiger partial charge on any atom is 0.327 e. The SMILES string of the molecule is O=C([O-])CCN1C(=O)[C@@H]2Cc3ccccc3CN2C1=O. The van der Waals surface area contributed by atoms with Gasteiger partial charge in [0.1, 0.15) is 6.04 Å². The third kappa shape index (κ3) is 1.93. The fourth-order valence-electron chi connectivity index (χ4n) is 2.78. The number of amides is 3. The molecule has 1 aromatic rings. The van der Waals surface area contributed by atoms with Crippen molar-refractivity contribution in [3.8, 4) is 0 Å². The van der Waals surface area contributed by atoms with Crippen LogP contribution in [0.25, 0.3) is 0 Å². The molecule has 2 aliphatic rings. The molecule has 0 spiro atoms. The van der Waals surface area contributed by atoms with E-state index in [1.165, 1.54) is 4.90 Å². The lowest BCUT2D eigenvalue weighted by Gasteiger charge is -2.28. The quantitative estimate of drug-likeness (QED) is 0.696. The van der Waals surface area contributed by atoms with Crippen molar-refractivity contribution in [2.24, 2.45) is 0 Å². The van der Waals surface area contributed by atoms with Crippen molar-refractivity contribution in [1.29, 1.82) is 0 Å². The standard InChI is InChI=1S/C14H14N2O4/c17-12(18)5-6-15-13(19)11-7-9-3-1-2-4-10(9)8-16(11)14(15)20/h1-4,11H,5-8H2,(H,17,18)/p-1/t11-/m0/s1. The minimum absolute atomic E-state index is 0.122. The number of fused-ring (bicyclic) bond motifs is 2. The van der Waals surface area contributed by atoms with Crippen molar-refractivity contribution in [3.05, 3.63) is 35.4 Å². The van der Waals surface area contributed by atoms with Crippen molar-refractivity contribution in [2.75, 3.05) is 6.54 Å². The summed E-state index contributed by atoms with van der Waals surface area (Å²) in [6.07, 6.45) is 0.160. The minimum Gasteiger partial charge on any atom is -0.550 e. The van der Waals surface area contributed by atoms with Gasteiger partial charge in [-0.2, -0.15) is 0 Å². The number of carbonyl (C=O) groups excluding carboxylic acids is 3. The largest absolute Gasteiger partial charge is 0.550 e. The smallest absolute Gasteiger partial charge is 0.327 e. The summed E-state index contributed by atoms with van der Waals surface area (Å²) in [4.78, 5) is 37.4. The molecule has 6 heteroatoms. The molecular formula is C14H13N2O4-. The topological polar surface area (TPSA) is 80.8 Å². The molecule has 104 valence electrons. The molecule has 0 aromatic heterocycles. The second-order valence-corrected chi connectivity index (χ2v) is 5.01. The summed E-state index contributed by atoms with van der Waals surface area (Å²) in [6, 6.07) is 6.79. The van der Waals surface area contributed by atoms with Gasteiger partial charge in [0.15, 0.2) is 0 Å². The summed E-state index contributed by atoms with van der Waals surface area (Å²) in [5.41, 5.74) is 2.10. The summed E-state index contributed by atoms with van der Waals surface area (Å²) in [5.74, 6) is -1.58. The highest BCUT2D eigenvalue weighted by atomic mass is 16.4. The van der Waals surface area contributed by atoms with Gasteiger partial charge >= 0.3 is 6.03 Å². The van der Waals surface area contributed by atoms with Crippen molar-refractivity contribution >= 4 is 17.9 Å². The number of nitrogens with zero attached hydrogens (tertiary/aromatic N) is 2. The van der Waals surface area contributed by atoms with Crippen LogP contribution >= 0.6 is 0 Å². The van der Waals surface area contributed by atoms with Crippen molar-refractivity contribution < 1.29 is 19.5 Å². The van der Waals surface area contributed by atoms with Crippen LogP contribution in [0.2, 0.25) is 0 Å². The first-order valence-corrected chi connectivity index (χ1v) is 6.46. The number of carboxylic acid groups (broad SMARTS) is 1. The van der Waals surface area contributed by atoms with Gasteiger partial charge in [-0.1, -0.05) is 24.3 Å². The summed E-state index contributed by atoms with van der Waals surface area (Å²) in [5, 5.41) is 10.5. The number of aliphatic carboxylic acids is 1. The van der Waals surface area contributed by atoms with Gasteiger partial charge in [0, 0.05) is 31.9 Å². The van der Waals surface area contributed by atoms with Crippen molar-refractivity contribution in [1.82, 2.24) is 9.80 Å². The van der Waals surface area contributed by atoms with Gasteiger partial charge in [-0.05, 0) is 11.1 Å². The first-order valence-electron chi connectivity index (χ1n) is 6.46. The van der Waals surface area contributed by atoms with Gasteiger partial charge in [-0.15, -0.1) is 0 Å². The van der Waals surface area contributed by atoms with Crippen molar-refractivity contribution in [2.45, 2.75) is 25.4 Å². The second kappa shape index (κ2) is 4.63. The third-order valence-corrected chi connectivity index (χ3v) is 3.82. The molecule has 1 aromatic carbocycles. The van der Waals surface area contributed by atoms with Gasteiger partial charge in [0.25, 0.3) is 5.91 Å². The molecule has 0 bridgehead atoms. The molecular weight excluding hydrogens is 260 g/mol. The average molecular weight is 273 g/mol.